The van der Waals surface area contributed by atoms with Crippen molar-refractivity contribution >= 4 is 28.3 Å². The van der Waals surface area contributed by atoms with Crippen molar-refractivity contribution < 1.29 is 4.39 Å². The van der Waals surface area contributed by atoms with E-state index in [4.69, 9.17) is 5.73 Å². The van der Waals surface area contributed by atoms with E-state index in [0.29, 0.717) is 18.0 Å². The first kappa shape index (κ1) is 12.2. The molecule has 0 saturated carbocycles. The number of rotatable bonds is 3. The summed E-state index contributed by atoms with van der Waals surface area (Å²) in [7, 11) is 0. The Kier molecular flexibility index (Phi) is 2.98. The minimum absolute atomic E-state index is 0.289. The van der Waals surface area contributed by atoms with Gasteiger partial charge in [0.2, 0.25) is 5.95 Å². The minimum Gasteiger partial charge on any atom is -0.369 e. The van der Waals surface area contributed by atoms with Crippen LogP contribution in [0.15, 0.2) is 29.6 Å². The second-order valence-corrected chi connectivity index (χ2v) is 5.41. The van der Waals surface area contributed by atoms with Crippen LogP contribution in [0.3, 0.4) is 0 Å². The molecule has 3 nitrogen and oxygen atoms in total. The van der Waals surface area contributed by atoms with Gasteiger partial charge in [0.1, 0.15) is 5.82 Å². The first-order valence-corrected chi connectivity index (χ1v) is 7.03. The Hall–Kier alpha value is -1.88. The summed E-state index contributed by atoms with van der Waals surface area (Å²) in [5.74, 6) is 0.138. The fourth-order valence-corrected chi connectivity index (χ4v) is 3.22. The number of benzene rings is 1. The molecule has 0 atom stereocenters. The summed E-state index contributed by atoms with van der Waals surface area (Å²) in [4.78, 5) is 5.49. The maximum atomic E-state index is 13.2. The first-order valence-electron chi connectivity index (χ1n) is 6.15. The maximum Gasteiger partial charge on any atom is 0.201 e. The van der Waals surface area contributed by atoms with Gasteiger partial charge in [-0.25, -0.2) is 9.37 Å². The first-order chi connectivity index (χ1) is 9.19. The van der Waals surface area contributed by atoms with Crippen molar-refractivity contribution in [2.24, 2.45) is 0 Å². The highest BCUT2D eigenvalue weighted by atomic mass is 32.1. The molecule has 0 aliphatic carbocycles. The van der Waals surface area contributed by atoms with Gasteiger partial charge in [-0.3, -0.25) is 0 Å². The summed E-state index contributed by atoms with van der Waals surface area (Å²) >= 11 is 1.71. The molecule has 3 rings (SSSR count). The molecule has 98 valence electrons. The smallest absolute Gasteiger partial charge is 0.201 e. The maximum absolute atomic E-state index is 13.2. The zero-order valence-electron chi connectivity index (χ0n) is 10.6. The van der Waals surface area contributed by atoms with Crippen LogP contribution in [0.4, 0.5) is 10.3 Å². The lowest BCUT2D eigenvalue weighted by Crippen LogP contribution is -2.04. The Labute approximate surface area is 114 Å². The molecule has 2 aromatic heterocycles. The average Bonchev–Trinajstić information content (AvgIpc) is 2.95. The summed E-state index contributed by atoms with van der Waals surface area (Å²) in [6.07, 6.45) is 1.000. The van der Waals surface area contributed by atoms with Crippen molar-refractivity contribution in [2.45, 2.75) is 19.9 Å². The van der Waals surface area contributed by atoms with Crippen molar-refractivity contribution in [1.82, 2.24) is 9.55 Å². The van der Waals surface area contributed by atoms with Gasteiger partial charge in [0.25, 0.3) is 0 Å². The SMILES string of the molecule is CCc1ccsc1Cn1c(N)nc2cc(F)ccc21. The number of aromatic nitrogens is 2. The van der Waals surface area contributed by atoms with Crippen LogP contribution >= 0.6 is 11.3 Å². The number of hydrogen-bond acceptors (Lipinski definition) is 3. The summed E-state index contributed by atoms with van der Waals surface area (Å²) < 4.78 is 15.1. The number of thiophene rings is 1. The highest BCUT2D eigenvalue weighted by Crippen LogP contribution is 2.24. The fourth-order valence-electron chi connectivity index (χ4n) is 2.25. The number of anilines is 1. The van der Waals surface area contributed by atoms with Crippen molar-refractivity contribution in [3.8, 4) is 0 Å². The highest BCUT2D eigenvalue weighted by molar-refractivity contribution is 7.10. The molecule has 2 heterocycles. The topological polar surface area (TPSA) is 43.8 Å². The predicted octanol–water partition coefficient (Wildman–Crippen LogP) is 3.43. The lowest BCUT2D eigenvalue weighted by molar-refractivity contribution is 0.629. The molecule has 19 heavy (non-hydrogen) atoms. The van der Waals surface area contributed by atoms with Crippen LogP contribution in [-0.4, -0.2) is 9.55 Å². The third-order valence-electron chi connectivity index (χ3n) is 3.26. The van der Waals surface area contributed by atoms with Crippen molar-refractivity contribution in [3.05, 3.63) is 45.9 Å². The molecule has 3 aromatic rings. The summed E-state index contributed by atoms with van der Waals surface area (Å²) in [6, 6.07) is 6.72. The van der Waals surface area contributed by atoms with Gasteiger partial charge in [0.15, 0.2) is 0 Å². The number of nitrogen functional groups attached to an aromatic ring is 1. The minimum atomic E-state index is -0.289. The van der Waals surface area contributed by atoms with E-state index < -0.39 is 0 Å². The number of fused-ring (bicyclic) bond motifs is 1. The van der Waals surface area contributed by atoms with E-state index in [-0.39, 0.29) is 5.82 Å². The Bertz CT molecular complexity index is 729. The monoisotopic (exact) mass is 275 g/mol. The van der Waals surface area contributed by atoms with Gasteiger partial charge in [0, 0.05) is 10.9 Å². The predicted molar refractivity (Wildman–Crippen MR) is 76.9 cm³/mol. The zero-order chi connectivity index (χ0) is 13.4. The number of nitrogens with zero attached hydrogens (tertiary/aromatic N) is 2. The molecule has 0 spiro atoms. The van der Waals surface area contributed by atoms with Gasteiger partial charge < -0.3 is 10.3 Å². The number of aryl methyl sites for hydroxylation is 1. The lowest BCUT2D eigenvalue weighted by Gasteiger charge is -2.06. The van der Waals surface area contributed by atoms with E-state index in [2.05, 4.69) is 23.4 Å². The molecule has 1 aromatic carbocycles. The van der Waals surface area contributed by atoms with Gasteiger partial charge in [-0.15, -0.1) is 11.3 Å². The number of hydrogen-bond donors (Lipinski definition) is 1. The van der Waals surface area contributed by atoms with Crippen LogP contribution in [0, 0.1) is 5.82 Å². The van der Waals surface area contributed by atoms with E-state index >= 15 is 0 Å². The standard InChI is InChI=1S/C14H14FN3S/c1-2-9-5-6-19-13(9)8-18-12-4-3-10(15)7-11(12)17-14(18)16/h3-7H,2,8H2,1H3,(H2,16,17). The largest absolute Gasteiger partial charge is 0.369 e. The Morgan fingerprint density at radius 2 is 2.21 bits per heavy atom. The molecule has 5 heteroatoms. The third-order valence-corrected chi connectivity index (χ3v) is 4.21. The van der Waals surface area contributed by atoms with E-state index in [1.165, 1.54) is 22.6 Å². The molecule has 0 saturated heterocycles. The molecule has 2 N–H and O–H groups in total. The number of imidazole rings is 1. The zero-order valence-corrected chi connectivity index (χ0v) is 11.4. The summed E-state index contributed by atoms with van der Waals surface area (Å²) in [5, 5.41) is 2.09. The van der Waals surface area contributed by atoms with E-state index in [1.54, 1.807) is 17.4 Å². The van der Waals surface area contributed by atoms with E-state index in [1.807, 2.05) is 4.57 Å². The quantitative estimate of drug-likeness (QED) is 0.796. The van der Waals surface area contributed by atoms with Gasteiger partial charge in [0.05, 0.1) is 17.6 Å². The van der Waals surface area contributed by atoms with Crippen LogP contribution < -0.4 is 5.73 Å². The Morgan fingerprint density at radius 3 is 3.00 bits per heavy atom. The summed E-state index contributed by atoms with van der Waals surface area (Å²) in [5.41, 5.74) is 8.75. The van der Waals surface area contributed by atoms with Gasteiger partial charge in [-0.05, 0) is 35.6 Å². The molecule has 0 bridgehead atoms. The van der Waals surface area contributed by atoms with Gasteiger partial charge in [-0.1, -0.05) is 6.92 Å². The molecule has 0 radical (unpaired) electrons. The number of halogens is 1. The van der Waals surface area contributed by atoms with Crippen molar-refractivity contribution in [2.75, 3.05) is 5.73 Å². The van der Waals surface area contributed by atoms with Crippen LogP contribution in [-0.2, 0) is 13.0 Å². The van der Waals surface area contributed by atoms with Gasteiger partial charge >= 0.3 is 0 Å². The number of nitrogens with two attached hydrogens (primary N) is 1. The van der Waals surface area contributed by atoms with Crippen molar-refractivity contribution in [3.63, 3.8) is 0 Å². The second-order valence-electron chi connectivity index (χ2n) is 4.41. The van der Waals surface area contributed by atoms with E-state index in [9.17, 15) is 4.39 Å². The average molecular weight is 275 g/mol. The molecule has 0 unspecified atom stereocenters. The van der Waals surface area contributed by atoms with Crippen LogP contribution in [0.5, 0.6) is 0 Å². The van der Waals surface area contributed by atoms with Crippen LogP contribution in [0.25, 0.3) is 11.0 Å². The van der Waals surface area contributed by atoms with E-state index in [0.717, 1.165) is 11.9 Å². The Morgan fingerprint density at radius 1 is 1.37 bits per heavy atom. The fraction of sp³-hybridized carbons (Fsp3) is 0.214. The molecule has 0 aliphatic heterocycles. The third kappa shape index (κ3) is 2.10. The molecular weight excluding hydrogens is 261 g/mol. The lowest BCUT2D eigenvalue weighted by atomic mass is 10.2. The highest BCUT2D eigenvalue weighted by Gasteiger charge is 2.11. The normalized spacial score (nSPS) is 11.3. The van der Waals surface area contributed by atoms with Gasteiger partial charge in [-0.2, -0.15) is 0 Å². The van der Waals surface area contributed by atoms with Crippen molar-refractivity contribution in [1.29, 1.82) is 0 Å². The second kappa shape index (κ2) is 4.66. The Balaban J connectivity index is 2.08. The molecule has 0 fully saturated rings. The molecular formula is C14H14FN3S. The van der Waals surface area contributed by atoms with Crippen LogP contribution in [0.2, 0.25) is 0 Å². The van der Waals surface area contributed by atoms with Crippen LogP contribution in [0.1, 0.15) is 17.4 Å². The molecule has 0 amide bonds. The molecule has 0 aliphatic rings. The summed E-state index contributed by atoms with van der Waals surface area (Å²) in [6.45, 7) is 2.82.